The van der Waals surface area contributed by atoms with Crippen molar-refractivity contribution in [3.8, 4) is 11.1 Å². The molecule has 5 heteroatoms. The minimum atomic E-state index is 0.316. The summed E-state index contributed by atoms with van der Waals surface area (Å²) in [5, 5.41) is 1.72. The maximum atomic E-state index is 10.5. The van der Waals surface area contributed by atoms with Gasteiger partial charge in [-0.25, -0.2) is 0 Å². The SMILES string of the molecule is O=CCc1ccc(-c2c(Cl)ccc(Cl)c2Cl)c(Cl)c1. The second kappa shape index (κ2) is 6.15. The number of carbonyl (C=O) groups is 1. The molecule has 19 heavy (non-hydrogen) atoms. The third kappa shape index (κ3) is 3.06. The fraction of sp³-hybridized carbons (Fsp3) is 0.0714. The molecule has 98 valence electrons. The standard InChI is InChI=1S/C14H8Cl4O/c15-10-3-4-11(16)14(18)13(10)9-2-1-8(5-6-19)7-12(9)17/h1-4,6-7H,5H2. The van der Waals surface area contributed by atoms with Crippen LogP contribution in [0, 0.1) is 0 Å². The van der Waals surface area contributed by atoms with Gasteiger partial charge in [-0.2, -0.15) is 0 Å². The lowest BCUT2D eigenvalue weighted by molar-refractivity contribution is -0.107. The summed E-state index contributed by atoms with van der Waals surface area (Å²) in [7, 11) is 0. The van der Waals surface area contributed by atoms with Crippen molar-refractivity contribution in [2.75, 3.05) is 0 Å². The molecule has 2 rings (SSSR count). The molecule has 0 spiro atoms. The van der Waals surface area contributed by atoms with Crippen molar-refractivity contribution in [1.29, 1.82) is 0 Å². The van der Waals surface area contributed by atoms with Gasteiger partial charge in [-0.05, 0) is 23.8 Å². The van der Waals surface area contributed by atoms with Crippen molar-refractivity contribution in [3.63, 3.8) is 0 Å². The highest BCUT2D eigenvalue weighted by atomic mass is 35.5. The molecule has 2 aromatic rings. The van der Waals surface area contributed by atoms with Crippen LogP contribution in [0.5, 0.6) is 0 Å². The topological polar surface area (TPSA) is 17.1 Å². The van der Waals surface area contributed by atoms with Gasteiger partial charge >= 0.3 is 0 Å². The quantitative estimate of drug-likeness (QED) is 0.519. The van der Waals surface area contributed by atoms with Crippen LogP contribution >= 0.6 is 46.4 Å². The summed E-state index contributed by atoms with van der Waals surface area (Å²) in [6, 6.07) is 8.61. The van der Waals surface area contributed by atoms with Crippen molar-refractivity contribution < 1.29 is 4.79 Å². The van der Waals surface area contributed by atoms with E-state index in [-0.39, 0.29) is 0 Å². The summed E-state index contributed by atoms with van der Waals surface area (Å²) >= 11 is 24.5. The largest absolute Gasteiger partial charge is 0.303 e. The Balaban J connectivity index is 2.59. The number of aldehydes is 1. The van der Waals surface area contributed by atoms with Crippen LogP contribution in [0.4, 0.5) is 0 Å². The van der Waals surface area contributed by atoms with Crippen LogP contribution in [0.3, 0.4) is 0 Å². The Morgan fingerprint density at radius 1 is 0.895 bits per heavy atom. The van der Waals surface area contributed by atoms with Crippen molar-refractivity contribution in [1.82, 2.24) is 0 Å². The van der Waals surface area contributed by atoms with Crippen LogP contribution in [-0.4, -0.2) is 6.29 Å². The fourth-order valence-electron chi connectivity index (χ4n) is 1.76. The molecular formula is C14H8Cl4O. The molecule has 0 amide bonds. The van der Waals surface area contributed by atoms with Crippen LogP contribution in [0.2, 0.25) is 20.1 Å². The third-order valence-electron chi connectivity index (χ3n) is 2.67. The Bertz CT molecular complexity index is 638. The summed E-state index contributed by atoms with van der Waals surface area (Å²) in [6.07, 6.45) is 1.14. The molecule has 0 saturated carbocycles. The average molecular weight is 334 g/mol. The van der Waals surface area contributed by atoms with Gasteiger partial charge in [0.05, 0.1) is 15.1 Å². The highest BCUT2D eigenvalue weighted by Gasteiger charge is 2.14. The summed E-state index contributed by atoms with van der Waals surface area (Å²) in [4.78, 5) is 10.5. The van der Waals surface area contributed by atoms with Gasteiger partial charge in [-0.3, -0.25) is 0 Å². The van der Waals surface area contributed by atoms with Gasteiger partial charge in [-0.1, -0.05) is 58.5 Å². The third-order valence-corrected chi connectivity index (χ3v) is 4.10. The molecule has 0 aliphatic heterocycles. The van der Waals surface area contributed by atoms with E-state index in [4.69, 9.17) is 46.4 Å². The zero-order valence-electron chi connectivity index (χ0n) is 9.59. The number of benzene rings is 2. The summed E-state index contributed by atoms with van der Waals surface area (Å²) < 4.78 is 0. The lowest BCUT2D eigenvalue weighted by Crippen LogP contribution is -1.89. The molecule has 0 aromatic heterocycles. The van der Waals surface area contributed by atoms with Gasteiger partial charge in [0.1, 0.15) is 6.29 Å². The van der Waals surface area contributed by atoms with Gasteiger partial charge in [0, 0.05) is 22.6 Å². The molecule has 0 radical (unpaired) electrons. The van der Waals surface area contributed by atoms with E-state index in [0.29, 0.717) is 37.6 Å². The van der Waals surface area contributed by atoms with Crippen LogP contribution < -0.4 is 0 Å². The van der Waals surface area contributed by atoms with Crippen LogP contribution in [0.1, 0.15) is 5.56 Å². The highest BCUT2D eigenvalue weighted by molar-refractivity contribution is 6.46. The Morgan fingerprint density at radius 2 is 1.58 bits per heavy atom. The molecule has 0 fully saturated rings. The molecule has 0 saturated heterocycles. The minimum absolute atomic E-state index is 0.316. The van der Waals surface area contributed by atoms with Gasteiger partial charge in [-0.15, -0.1) is 0 Å². The van der Waals surface area contributed by atoms with Gasteiger partial charge in [0.25, 0.3) is 0 Å². The van der Waals surface area contributed by atoms with E-state index in [1.165, 1.54) is 0 Å². The lowest BCUT2D eigenvalue weighted by atomic mass is 10.0. The van der Waals surface area contributed by atoms with Crippen molar-refractivity contribution in [2.45, 2.75) is 6.42 Å². The number of hydrogen-bond acceptors (Lipinski definition) is 1. The zero-order chi connectivity index (χ0) is 14.0. The number of halogens is 4. The Hall–Kier alpha value is -0.730. The lowest BCUT2D eigenvalue weighted by Gasteiger charge is -2.11. The molecule has 0 bridgehead atoms. The molecule has 0 aliphatic carbocycles. The maximum absolute atomic E-state index is 10.5. The average Bonchev–Trinajstić information content (AvgIpc) is 2.37. The van der Waals surface area contributed by atoms with Gasteiger partial charge < -0.3 is 4.79 Å². The van der Waals surface area contributed by atoms with E-state index >= 15 is 0 Å². The fourth-order valence-corrected chi connectivity index (χ4v) is 2.79. The van der Waals surface area contributed by atoms with E-state index in [2.05, 4.69) is 0 Å². The Morgan fingerprint density at radius 3 is 2.21 bits per heavy atom. The van der Waals surface area contributed by atoms with E-state index in [1.807, 2.05) is 6.07 Å². The first-order valence-electron chi connectivity index (χ1n) is 5.40. The second-order valence-electron chi connectivity index (χ2n) is 3.90. The van der Waals surface area contributed by atoms with Gasteiger partial charge in [0.15, 0.2) is 0 Å². The van der Waals surface area contributed by atoms with E-state index in [9.17, 15) is 4.79 Å². The number of carbonyl (C=O) groups excluding carboxylic acids is 1. The Kier molecular flexibility index (Phi) is 4.75. The van der Waals surface area contributed by atoms with Crippen molar-refractivity contribution in [3.05, 3.63) is 56.0 Å². The second-order valence-corrected chi connectivity index (χ2v) is 5.50. The zero-order valence-corrected chi connectivity index (χ0v) is 12.6. The van der Waals surface area contributed by atoms with Crippen molar-refractivity contribution in [2.24, 2.45) is 0 Å². The van der Waals surface area contributed by atoms with Crippen LogP contribution in [-0.2, 0) is 11.2 Å². The van der Waals surface area contributed by atoms with E-state index < -0.39 is 0 Å². The molecule has 2 aromatic carbocycles. The summed E-state index contributed by atoms with van der Waals surface area (Å²) in [6.45, 7) is 0. The molecule has 0 unspecified atom stereocenters. The van der Waals surface area contributed by atoms with Crippen LogP contribution in [0.25, 0.3) is 11.1 Å². The van der Waals surface area contributed by atoms with Crippen LogP contribution in [0.15, 0.2) is 30.3 Å². The molecule has 0 heterocycles. The normalized spacial score (nSPS) is 10.5. The molecular weight excluding hydrogens is 326 g/mol. The maximum Gasteiger partial charge on any atom is 0.124 e. The predicted octanol–water partition coefficient (Wildman–Crippen LogP) is 5.71. The molecule has 0 N–H and O–H groups in total. The van der Waals surface area contributed by atoms with Gasteiger partial charge in [0.2, 0.25) is 0 Å². The van der Waals surface area contributed by atoms with E-state index in [0.717, 1.165) is 11.8 Å². The summed E-state index contributed by atoms with van der Waals surface area (Å²) in [5.41, 5.74) is 2.12. The number of hydrogen-bond donors (Lipinski definition) is 0. The first-order valence-corrected chi connectivity index (χ1v) is 6.91. The first kappa shape index (κ1) is 14.7. The molecule has 1 nitrogen and oxygen atoms in total. The molecule has 0 aliphatic rings. The summed E-state index contributed by atoms with van der Waals surface area (Å²) in [5.74, 6) is 0. The van der Waals surface area contributed by atoms with Crippen molar-refractivity contribution >= 4 is 52.7 Å². The monoisotopic (exact) mass is 332 g/mol. The number of rotatable bonds is 3. The predicted molar refractivity (Wildman–Crippen MR) is 81.7 cm³/mol. The highest BCUT2D eigenvalue weighted by Crippen LogP contribution is 2.41. The van der Waals surface area contributed by atoms with E-state index in [1.54, 1.807) is 24.3 Å². The molecule has 0 atom stereocenters. The minimum Gasteiger partial charge on any atom is -0.303 e. The smallest absolute Gasteiger partial charge is 0.124 e. The first-order chi connectivity index (χ1) is 9.04. The Labute approximate surface area is 131 Å².